The van der Waals surface area contributed by atoms with Crippen LogP contribution in [-0.2, 0) is 0 Å². The van der Waals surface area contributed by atoms with Crippen molar-refractivity contribution in [2.24, 2.45) is 0 Å². The minimum absolute atomic E-state index is 0.938. The van der Waals surface area contributed by atoms with E-state index in [0.29, 0.717) is 0 Å². The van der Waals surface area contributed by atoms with Gasteiger partial charge in [0.25, 0.3) is 0 Å². The van der Waals surface area contributed by atoms with Crippen LogP contribution in [0.25, 0.3) is 111 Å². The first-order chi connectivity index (χ1) is 36.8. The average molecular weight is 939 g/mol. The van der Waals surface area contributed by atoms with E-state index >= 15 is 0 Å². The molecule has 74 heavy (non-hydrogen) atoms. The minimum Gasteiger partial charge on any atom is -0.0622 e. The van der Waals surface area contributed by atoms with Gasteiger partial charge in [-0.05, 0) is 107 Å². The van der Waals surface area contributed by atoms with Gasteiger partial charge in [0.2, 0.25) is 0 Å². The highest BCUT2D eigenvalue weighted by molar-refractivity contribution is 6.20. The standard InChI is InChI=1S/C74H50/c1-11-31-53(32-12-1)51-52-63-64(54-33-13-2-14-34-54)65(55-35-15-3-16-36-55)66(56-37-17-4-18-38-56)70(60-45-25-8-26-46-60)73(63)74-71(61-47-27-9-28-48-61)68(58-41-21-6-22-42-58)67(57-39-19-5-20-40-57)69(59-43-23-7-24-44-59)72(74)62-49-29-10-30-50-62/h1-50H. The van der Waals surface area contributed by atoms with Crippen LogP contribution < -0.4 is 0 Å². The molecule has 0 radical (unpaired) electrons. The lowest BCUT2D eigenvalue weighted by Crippen LogP contribution is -2.07. The van der Waals surface area contributed by atoms with Crippen molar-refractivity contribution in [3.63, 3.8) is 0 Å². The number of hydrogen-bond acceptors (Lipinski definition) is 0. The van der Waals surface area contributed by atoms with Crippen LogP contribution in [0.1, 0.15) is 11.1 Å². The van der Waals surface area contributed by atoms with E-state index in [1.165, 1.54) is 0 Å². The minimum atomic E-state index is 0.938. The van der Waals surface area contributed by atoms with Gasteiger partial charge < -0.3 is 0 Å². The number of hydrogen-bond donors (Lipinski definition) is 0. The van der Waals surface area contributed by atoms with E-state index in [1.807, 2.05) is 0 Å². The second kappa shape index (κ2) is 20.9. The molecule has 12 aromatic rings. The summed E-state index contributed by atoms with van der Waals surface area (Å²) in [7, 11) is 0. The zero-order valence-corrected chi connectivity index (χ0v) is 40.9. The summed E-state index contributed by atoms with van der Waals surface area (Å²) in [5.74, 6) is 7.86. The molecule has 12 aromatic carbocycles. The SMILES string of the molecule is C(#Cc1c(-c2ccccc2)c(-c2ccccc2)c(-c2ccccc2)c(-c2ccccc2)c1-c1c(-c2ccccc2)c(-c2ccccc2)c(-c2ccccc2)c(-c2ccccc2)c1-c1ccccc1)c1ccccc1. The Labute approximate surface area is 435 Å². The summed E-state index contributed by atoms with van der Waals surface area (Å²) in [4.78, 5) is 0. The molecule has 0 unspecified atom stereocenters. The van der Waals surface area contributed by atoms with Gasteiger partial charge in [-0.2, -0.15) is 0 Å². The molecule has 0 aliphatic heterocycles. The quantitative estimate of drug-likeness (QED) is 0.120. The Hall–Kier alpha value is -9.80. The summed E-state index contributed by atoms with van der Waals surface area (Å²) >= 11 is 0. The van der Waals surface area contributed by atoms with Gasteiger partial charge in [0.1, 0.15) is 0 Å². The number of rotatable bonds is 10. The first kappa shape index (κ1) is 45.3. The molecule has 0 aliphatic rings. The molecule has 0 heterocycles. The van der Waals surface area contributed by atoms with Gasteiger partial charge in [-0.3, -0.25) is 0 Å². The molecule has 0 heteroatoms. The first-order valence-corrected chi connectivity index (χ1v) is 25.4. The maximum atomic E-state index is 4.07. The highest BCUT2D eigenvalue weighted by Crippen LogP contribution is 2.61. The molecule has 0 nitrogen and oxygen atoms in total. The Kier molecular flexibility index (Phi) is 12.8. The predicted octanol–water partition coefficient (Wildman–Crippen LogP) is 19.8. The molecule has 0 saturated heterocycles. The van der Waals surface area contributed by atoms with Crippen molar-refractivity contribution in [3.05, 3.63) is 314 Å². The molecule has 346 valence electrons. The maximum absolute atomic E-state index is 4.07. The van der Waals surface area contributed by atoms with E-state index in [4.69, 9.17) is 0 Å². The molecular weight excluding hydrogens is 889 g/mol. The van der Waals surface area contributed by atoms with Crippen molar-refractivity contribution >= 4 is 0 Å². The van der Waals surface area contributed by atoms with Gasteiger partial charge in [0.15, 0.2) is 0 Å². The van der Waals surface area contributed by atoms with E-state index in [1.54, 1.807) is 0 Å². The predicted molar refractivity (Wildman–Crippen MR) is 313 cm³/mol. The molecule has 0 aromatic heterocycles. The third-order valence-corrected chi connectivity index (χ3v) is 13.9. The van der Waals surface area contributed by atoms with Crippen LogP contribution in [0.5, 0.6) is 0 Å². The van der Waals surface area contributed by atoms with Crippen LogP contribution in [0.4, 0.5) is 0 Å². The zero-order valence-electron chi connectivity index (χ0n) is 40.9. The Morgan fingerprint density at radius 3 is 0.554 bits per heavy atom. The van der Waals surface area contributed by atoms with Crippen molar-refractivity contribution in [1.82, 2.24) is 0 Å². The molecule has 0 bridgehead atoms. The summed E-state index contributed by atoms with van der Waals surface area (Å²) < 4.78 is 0. The highest BCUT2D eigenvalue weighted by Gasteiger charge is 2.35. The third kappa shape index (κ3) is 8.75. The first-order valence-electron chi connectivity index (χ1n) is 25.4. The highest BCUT2D eigenvalue weighted by atomic mass is 14.4. The Morgan fingerprint density at radius 2 is 0.311 bits per heavy atom. The Balaban J connectivity index is 1.47. The molecule has 0 spiro atoms. The van der Waals surface area contributed by atoms with Crippen molar-refractivity contribution in [3.8, 4) is 123 Å². The second-order valence-electron chi connectivity index (χ2n) is 18.4. The van der Waals surface area contributed by atoms with Crippen LogP contribution in [0.3, 0.4) is 0 Å². The zero-order chi connectivity index (χ0) is 49.5. The van der Waals surface area contributed by atoms with Crippen LogP contribution in [0, 0.1) is 11.8 Å². The number of benzene rings is 12. The molecule has 0 N–H and O–H groups in total. The van der Waals surface area contributed by atoms with Crippen molar-refractivity contribution in [2.45, 2.75) is 0 Å². The monoisotopic (exact) mass is 938 g/mol. The van der Waals surface area contributed by atoms with Gasteiger partial charge in [-0.1, -0.05) is 303 Å². The smallest absolute Gasteiger partial charge is 0.0419 e. The van der Waals surface area contributed by atoms with Crippen molar-refractivity contribution in [1.29, 1.82) is 0 Å². The Morgan fingerprint density at radius 1 is 0.135 bits per heavy atom. The average Bonchev–Trinajstić information content (AvgIpc) is 3.59. The largest absolute Gasteiger partial charge is 0.0622 e. The Bertz CT molecular complexity index is 3800. The molecule has 0 fully saturated rings. The lowest BCUT2D eigenvalue weighted by molar-refractivity contribution is 1.48. The second-order valence-corrected chi connectivity index (χ2v) is 18.4. The van der Waals surface area contributed by atoms with Gasteiger partial charge in [-0.15, -0.1) is 0 Å². The van der Waals surface area contributed by atoms with E-state index in [0.717, 1.165) is 122 Å². The van der Waals surface area contributed by atoms with E-state index in [9.17, 15) is 0 Å². The van der Waals surface area contributed by atoms with Gasteiger partial charge in [0.05, 0.1) is 0 Å². The molecule has 0 atom stereocenters. The van der Waals surface area contributed by atoms with Crippen LogP contribution >= 0.6 is 0 Å². The third-order valence-electron chi connectivity index (χ3n) is 13.9. The fourth-order valence-corrected chi connectivity index (χ4v) is 10.8. The summed E-state index contributed by atoms with van der Waals surface area (Å²) in [6.45, 7) is 0. The fraction of sp³-hybridized carbons (Fsp3) is 0. The van der Waals surface area contributed by atoms with E-state index in [-0.39, 0.29) is 0 Å². The molecule has 12 rings (SSSR count). The molecular formula is C74H50. The van der Waals surface area contributed by atoms with Crippen LogP contribution in [0.15, 0.2) is 303 Å². The van der Waals surface area contributed by atoms with Crippen molar-refractivity contribution < 1.29 is 0 Å². The molecule has 0 amide bonds. The van der Waals surface area contributed by atoms with Gasteiger partial charge in [0, 0.05) is 27.8 Å². The maximum Gasteiger partial charge on any atom is 0.0419 e. The van der Waals surface area contributed by atoms with Crippen molar-refractivity contribution in [2.75, 3.05) is 0 Å². The lowest BCUT2D eigenvalue weighted by atomic mass is 9.69. The van der Waals surface area contributed by atoms with Gasteiger partial charge in [-0.25, -0.2) is 0 Å². The normalized spacial score (nSPS) is 10.9. The lowest BCUT2D eigenvalue weighted by Gasteiger charge is -2.32. The molecule has 0 saturated carbocycles. The fourth-order valence-electron chi connectivity index (χ4n) is 10.8. The van der Waals surface area contributed by atoms with E-state index in [2.05, 4.69) is 315 Å². The summed E-state index contributed by atoms with van der Waals surface area (Å²) in [5.41, 5.74) is 24.1. The van der Waals surface area contributed by atoms with Crippen LogP contribution in [-0.4, -0.2) is 0 Å². The summed E-state index contributed by atoms with van der Waals surface area (Å²) in [6, 6.07) is 110. The molecule has 0 aliphatic carbocycles. The summed E-state index contributed by atoms with van der Waals surface area (Å²) in [5, 5.41) is 0. The topological polar surface area (TPSA) is 0 Å². The summed E-state index contributed by atoms with van der Waals surface area (Å²) in [6.07, 6.45) is 0. The van der Waals surface area contributed by atoms with Gasteiger partial charge >= 0.3 is 0 Å². The van der Waals surface area contributed by atoms with Crippen LogP contribution in [0.2, 0.25) is 0 Å². The van der Waals surface area contributed by atoms with E-state index < -0.39 is 0 Å².